The molecular weight excluding hydrogens is 184 g/mol. The molecule has 0 aromatic carbocycles. The van der Waals surface area contributed by atoms with E-state index in [1.54, 1.807) is 6.92 Å². The van der Waals surface area contributed by atoms with Crippen LogP contribution >= 0.6 is 0 Å². The summed E-state index contributed by atoms with van der Waals surface area (Å²) in [6, 6.07) is 0. The lowest BCUT2D eigenvalue weighted by atomic mass is 9.83. The first-order valence-corrected chi connectivity index (χ1v) is 4.89. The van der Waals surface area contributed by atoms with Crippen LogP contribution in [0.1, 0.15) is 33.1 Å². The quantitative estimate of drug-likeness (QED) is 0.655. The molecule has 0 fully saturated rings. The second-order valence-electron chi connectivity index (χ2n) is 3.78. The van der Waals surface area contributed by atoms with E-state index in [0.29, 0.717) is 19.4 Å². The predicted octanol–water partition coefficient (Wildman–Crippen LogP) is 1.27. The van der Waals surface area contributed by atoms with Crippen LogP contribution in [0.2, 0.25) is 0 Å². The van der Waals surface area contributed by atoms with Gasteiger partial charge in [0.1, 0.15) is 0 Å². The van der Waals surface area contributed by atoms with Crippen molar-refractivity contribution in [3.63, 3.8) is 0 Å². The lowest BCUT2D eigenvalue weighted by molar-refractivity contribution is -0.152. The molecule has 0 amide bonds. The Morgan fingerprint density at radius 1 is 1.57 bits per heavy atom. The van der Waals surface area contributed by atoms with E-state index in [9.17, 15) is 9.90 Å². The van der Waals surface area contributed by atoms with E-state index in [1.165, 1.54) is 7.11 Å². The zero-order chi connectivity index (χ0) is 11.2. The van der Waals surface area contributed by atoms with Crippen LogP contribution in [0.4, 0.5) is 0 Å². The first-order valence-electron chi connectivity index (χ1n) is 4.89. The molecular formula is C10H20O4. The fourth-order valence-corrected chi connectivity index (χ4v) is 1.47. The molecule has 2 atom stereocenters. The lowest BCUT2D eigenvalue weighted by Gasteiger charge is -2.29. The highest BCUT2D eigenvalue weighted by atomic mass is 16.5. The SMILES string of the molecule is CCCC(C(=O)O)C(C)(O)CCOC. The minimum Gasteiger partial charge on any atom is -0.481 e. The molecule has 0 bridgehead atoms. The Kier molecular flexibility index (Phi) is 5.72. The molecule has 0 rings (SSSR count). The van der Waals surface area contributed by atoms with Gasteiger partial charge in [-0.05, 0) is 13.3 Å². The van der Waals surface area contributed by atoms with E-state index in [-0.39, 0.29) is 0 Å². The maximum atomic E-state index is 10.9. The summed E-state index contributed by atoms with van der Waals surface area (Å²) in [4.78, 5) is 10.9. The first-order chi connectivity index (χ1) is 6.45. The second-order valence-corrected chi connectivity index (χ2v) is 3.78. The lowest BCUT2D eigenvalue weighted by Crippen LogP contribution is -2.40. The molecule has 84 valence electrons. The Hall–Kier alpha value is -0.610. The van der Waals surface area contributed by atoms with Crippen molar-refractivity contribution >= 4 is 5.97 Å². The molecule has 2 N–H and O–H groups in total. The van der Waals surface area contributed by atoms with E-state index in [1.807, 2.05) is 6.92 Å². The van der Waals surface area contributed by atoms with Crippen molar-refractivity contribution in [2.24, 2.45) is 5.92 Å². The molecule has 0 aromatic heterocycles. The molecule has 0 spiro atoms. The third-order valence-electron chi connectivity index (χ3n) is 2.44. The molecule has 4 heteroatoms. The van der Waals surface area contributed by atoms with Gasteiger partial charge in [0, 0.05) is 20.1 Å². The number of hydrogen-bond acceptors (Lipinski definition) is 3. The average molecular weight is 204 g/mol. The molecule has 0 aliphatic heterocycles. The summed E-state index contributed by atoms with van der Waals surface area (Å²) < 4.78 is 4.83. The van der Waals surface area contributed by atoms with Crippen LogP contribution in [0, 0.1) is 5.92 Å². The highest BCUT2D eigenvalue weighted by Crippen LogP contribution is 2.25. The van der Waals surface area contributed by atoms with Crippen LogP contribution in [0.5, 0.6) is 0 Å². The summed E-state index contributed by atoms with van der Waals surface area (Å²) in [6.45, 7) is 3.84. The van der Waals surface area contributed by atoms with Gasteiger partial charge >= 0.3 is 5.97 Å². The minimum absolute atomic E-state index is 0.348. The van der Waals surface area contributed by atoms with Crippen molar-refractivity contribution in [3.8, 4) is 0 Å². The topological polar surface area (TPSA) is 66.8 Å². The third kappa shape index (κ3) is 4.07. The summed E-state index contributed by atoms with van der Waals surface area (Å²) in [6.07, 6.45) is 1.59. The number of hydrogen-bond donors (Lipinski definition) is 2. The van der Waals surface area contributed by atoms with Gasteiger partial charge < -0.3 is 14.9 Å². The number of rotatable bonds is 7. The van der Waals surface area contributed by atoms with Gasteiger partial charge in [0.2, 0.25) is 0 Å². The number of carboxylic acids is 1. The average Bonchev–Trinajstić information content (AvgIpc) is 2.10. The van der Waals surface area contributed by atoms with E-state index >= 15 is 0 Å². The van der Waals surface area contributed by atoms with Gasteiger partial charge in [-0.15, -0.1) is 0 Å². The number of ether oxygens (including phenoxy) is 1. The van der Waals surface area contributed by atoms with Gasteiger partial charge in [-0.1, -0.05) is 13.3 Å². The van der Waals surface area contributed by atoms with Crippen molar-refractivity contribution in [3.05, 3.63) is 0 Å². The monoisotopic (exact) mass is 204 g/mol. The van der Waals surface area contributed by atoms with Crippen molar-refractivity contribution in [2.75, 3.05) is 13.7 Å². The number of aliphatic hydroxyl groups is 1. The van der Waals surface area contributed by atoms with Crippen LogP contribution in [-0.4, -0.2) is 35.5 Å². The molecule has 2 unspecified atom stereocenters. The summed E-state index contributed by atoms with van der Waals surface area (Å²) >= 11 is 0. The highest BCUT2D eigenvalue weighted by molar-refractivity contribution is 5.71. The molecule has 0 aromatic rings. The Morgan fingerprint density at radius 3 is 2.50 bits per heavy atom. The van der Waals surface area contributed by atoms with Gasteiger partial charge in [0.05, 0.1) is 11.5 Å². The maximum absolute atomic E-state index is 10.9. The maximum Gasteiger partial charge on any atom is 0.309 e. The zero-order valence-corrected chi connectivity index (χ0v) is 9.12. The molecule has 14 heavy (non-hydrogen) atoms. The van der Waals surface area contributed by atoms with E-state index < -0.39 is 17.5 Å². The number of aliphatic carboxylic acids is 1. The minimum atomic E-state index is -1.18. The van der Waals surface area contributed by atoms with Gasteiger partial charge in [0.15, 0.2) is 0 Å². The van der Waals surface area contributed by atoms with Crippen LogP contribution in [0.25, 0.3) is 0 Å². The fraction of sp³-hybridized carbons (Fsp3) is 0.900. The normalized spacial score (nSPS) is 17.4. The Balaban J connectivity index is 4.36. The third-order valence-corrected chi connectivity index (χ3v) is 2.44. The molecule has 0 aliphatic carbocycles. The van der Waals surface area contributed by atoms with Crippen molar-refractivity contribution in [1.29, 1.82) is 0 Å². The first kappa shape index (κ1) is 13.4. The molecule has 4 nitrogen and oxygen atoms in total. The van der Waals surface area contributed by atoms with E-state index in [4.69, 9.17) is 9.84 Å². The highest BCUT2D eigenvalue weighted by Gasteiger charge is 2.36. The van der Waals surface area contributed by atoms with E-state index in [0.717, 1.165) is 6.42 Å². The van der Waals surface area contributed by atoms with Crippen molar-refractivity contribution < 1.29 is 19.7 Å². The molecule has 0 heterocycles. The van der Waals surface area contributed by atoms with Crippen LogP contribution in [-0.2, 0) is 9.53 Å². The smallest absolute Gasteiger partial charge is 0.309 e. The molecule has 0 radical (unpaired) electrons. The van der Waals surface area contributed by atoms with Gasteiger partial charge in [-0.3, -0.25) is 4.79 Å². The van der Waals surface area contributed by atoms with Gasteiger partial charge in [-0.25, -0.2) is 0 Å². The molecule has 0 saturated heterocycles. The summed E-state index contributed by atoms with van der Waals surface area (Å²) in [7, 11) is 1.53. The van der Waals surface area contributed by atoms with Gasteiger partial charge in [0.25, 0.3) is 0 Å². The second kappa shape index (κ2) is 5.98. The fourth-order valence-electron chi connectivity index (χ4n) is 1.47. The van der Waals surface area contributed by atoms with E-state index in [2.05, 4.69) is 0 Å². The summed E-state index contributed by atoms with van der Waals surface area (Å²) in [5.41, 5.74) is -1.18. The number of carboxylic acid groups (broad SMARTS) is 1. The van der Waals surface area contributed by atoms with Crippen LogP contribution in [0.15, 0.2) is 0 Å². The number of carbonyl (C=O) groups is 1. The molecule has 0 saturated carbocycles. The van der Waals surface area contributed by atoms with Gasteiger partial charge in [-0.2, -0.15) is 0 Å². The Morgan fingerprint density at radius 2 is 2.14 bits per heavy atom. The number of methoxy groups -OCH3 is 1. The zero-order valence-electron chi connectivity index (χ0n) is 9.12. The van der Waals surface area contributed by atoms with Crippen LogP contribution < -0.4 is 0 Å². The predicted molar refractivity (Wildman–Crippen MR) is 53.2 cm³/mol. The Bertz CT molecular complexity index is 177. The largest absolute Gasteiger partial charge is 0.481 e. The summed E-state index contributed by atoms with van der Waals surface area (Å²) in [5, 5.41) is 18.9. The van der Waals surface area contributed by atoms with Crippen molar-refractivity contribution in [1.82, 2.24) is 0 Å². The van der Waals surface area contributed by atoms with Crippen molar-refractivity contribution in [2.45, 2.75) is 38.7 Å². The Labute approximate surface area is 84.9 Å². The molecule has 0 aliphatic rings. The standard InChI is InChI=1S/C10H20O4/c1-4-5-8(9(11)12)10(2,13)6-7-14-3/h8,13H,4-7H2,1-3H3,(H,11,12). The summed E-state index contributed by atoms with van der Waals surface area (Å²) in [5.74, 6) is -1.64. The van der Waals surface area contributed by atoms with Crippen LogP contribution in [0.3, 0.4) is 0 Å².